The van der Waals surface area contributed by atoms with Crippen LogP contribution in [-0.4, -0.2) is 79.9 Å². The number of hydrogen-bond donors (Lipinski definition) is 2. The van der Waals surface area contributed by atoms with Crippen molar-refractivity contribution >= 4 is 28.3 Å². The summed E-state index contributed by atoms with van der Waals surface area (Å²) in [5.74, 6) is -2.04. The highest BCUT2D eigenvalue weighted by atomic mass is 19.3. The number of rotatable bonds is 8. The molecule has 2 aromatic carbocycles. The lowest BCUT2D eigenvalue weighted by molar-refractivity contribution is -0.113. The van der Waals surface area contributed by atoms with Gasteiger partial charge >= 0.3 is 0 Å². The molecular weight excluding hydrogens is 514 g/mol. The molecule has 6 rings (SSSR count). The number of nitrogens with zero attached hydrogens (tertiary/aromatic N) is 6. The number of likely N-dealkylation sites (N-methyl/N-ethyl adjacent to an activating group) is 1. The van der Waals surface area contributed by atoms with E-state index < -0.39 is 19.0 Å². The molecule has 1 amide bonds. The zero-order valence-electron chi connectivity index (χ0n) is 22.1. The largest absolute Gasteiger partial charge is 0.345 e. The van der Waals surface area contributed by atoms with E-state index in [0.29, 0.717) is 30.4 Å². The van der Waals surface area contributed by atoms with Crippen LogP contribution in [-0.2, 0) is 6.54 Å². The number of alkyl halides is 2. The Balaban J connectivity index is 1.28. The van der Waals surface area contributed by atoms with Gasteiger partial charge in [-0.25, -0.2) is 23.7 Å². The number of fused-ring (bicyclic) bond motifs is 1. The Kier molecular flexibility index (Phi) is 6.51. The summed E-state index contributed by atoms with van der Waals surface area (Å²) in [5, 5.41) is 4.17. The summed E-state index contributed by atoms with van der Waals surface area (Å²) < 4.78 is 28.9. The second-order valence-corrected chi connectivity index (χ2v) is 10.2. The molecule has 0 radical (unpaired) electrons. The molecule has 0 bridgehead atoms. The first kappa shape index (κ1) is 25.6. The molecule has 9 nitrogen and oxygen atoms in total. The first-order chi connectivity index (χ1) is 19.3. The predicted molar refractivity (Wildman–Crippen MR) is 150 cm³/mol. The van der Waals surface area contributed by atoms with Gasteiger partial charge < -0.3 is 24.7 Å². The monoisotopic (exact) mass is 542 g/mol. The van der Waals surface area contributed by atoms with E-state index in [1.54, 1.807) is 30.9 Å². The van der Waals surface area contributed by atoms with E-state index in [9.17, 15) is 13.6 Å². The second kappa shape index (κ2) is 10.2. The van der Waals surface area contributed by atoms with Gasteiger partial charge in [-0.3, -0.25) is 4.79 Å². The average Bonchev–Trinajstić information content (AvgIpc) is 3.59. The summed E-state index contributed by atoms with van der Waals surface area (Å²) in [5.41, 5.74) is 4.85. The number of nitrogens with one attached hydrogen (secondary N) is 2. The van der Waals surface area contributed by atoms with Gasteiger partial charge in [0.2, 0.25) is 0 Å². The van der Waals surface area contributed by atoms with Gasteiger partial charge in [-0.05, 0) is 50.0 Å². The van der Waals surface area contributed by atoms with Crippen LogP contribution in [0, 0.1) is 0 Å². The van der Waals surface area contributed by atoms with Gasteiger partial charge in [-0.2, -0.15) is 0 Å². The van der Waals surface area contributed by atoms with Crippen molar-refractivity contribution in [3.63, 3.8) is 0 Å². The fourth-order valence-corrected chi connectivity index (χ4v) is 4.79. The van der Waals surface area contributed by atoms with E-state index in [0.717, 1.165) is 33.4 Å². The highest BCUT2D eigenvalue weighted by Crippen LogP contribution is 2.31. The van der Waals surface area contributed by atoms with Crippen LogP contribution in [0.2, 0.25) is 0 Å². The summed E-state index contributed by atoms with van der Waals surface area (Å²) >= 11 is 0. The standard InChI is InChI=1S/C29H28F2N8O/c1-37(2)11-12-39-24-14-21(4-3-20(24)13-25(39)28(40)38-16-29(30,31)17-38)27-33-10-9-26(36-27)35-22-7-5-19(6-8-22)23-15-32-18-34-23/h3-10,13-15,18H,11-12,16-17H2,1-2H3,(H,32,34)(H,33,35,36). The van der Waals surface area contributed by atoms with E-state index in [1.165, 1.54) is 4.90 Å². The molecule has 5 aromatic rings. The number of imidazole rings is 1. The van der Waals surface area contributed by atoms with Gasteiger partial charge in [-0.1, -0.05) is 24.3 Å². The van der Waals surface area contributed by atoms with Crippen LogP contribution in [0.4, 0.5) is 20.3 Å². The summed E-state index contributed by atoms with van der Waals surface area (Å²) in [4.78, 5) is 32.7. The number of anilines is 2. The van der Waals surface area contributed by atoms with Crippen LogP contribution in [0.15, 0.2) is 73.3 Å². The molecule has 3 aromatic heterocycles. The second-order valence-electron chi connectivity index (χ2n) is 10.2. The number of amides is 1. The van der Waals surface area contributed by atoms with Crippen molar-refractivity contribution in [2.45, 2.75) is 12.5 Å². The predicted octanol–water partition coefficient (Wildman–Crippen LogP) is 4.88. The molecule has 40 heavy (non-hydrogen) atoms. The van der Waals surface area contributed by atoms with Crippen LogP contribution in [0.25, 0.3) is 33.5 Å². The van der Waals surface area contributed by atoms with Crippen molar-refractivity contribution in [1.29, 1.82) is 0 Å². The van der Waals surface area contributed by atoms with E-state index in [-0.39, 0.29) is 5.91 Å². The molecule has 0 atom stereocenters. The molecule has 0 unspecified atom stereocenters. The molecule has 0 spiro atoms. The molecule has 11 heteroatoms. The molecule has 4 heterocycles. The molecule has 1 fully saturated rings. The maximum Gasteiger partial charge on any atom is 0.282 e. The molecule has 1 aliphatic rings. The minimum Gasteiger partial charge on any atom is -0.345 e. The Bertz CT molecular complexity index is 1650. The minimum atomic E-state index is -2.82. The van der Waals surface area contributed by atoms with E-state index in [1.807, 2.05) is 66.0 Å². The van der Waals surface area contributed by atoms with Crippen LogP contribution in [0.5, 0.6) is 0 Å². The van der Waals surface area contributed by atoms with Crippen molar-refractivity contribution in [3.05, 3.63) is 79.0 Å². The fourth-order valence-electron chi connectivity index (χ4n) is 4.79. The Morgan fingerprint density at radius 2 is 1.85 bits per heavy atom. The van der Waals surface area contributed by atoms with Crippen LogP contribution in [0.3, 0.4) is 0 Å². The fraction of sp³-hybridized carbons (Fsp3) is 0.241. The topological polar surface area (TPSA) is 95.0 Å². The Morgan fingerprint density at radius 3 is 2.55 bits per heavy atom. The molecule has 204 valence electrons. The first-order valence-electron chi connectivity index (χ1n) is 12.9. The van der Waals surface area contributed by atoms with Crippen molar-refractivity contribution in [2.24, 2.45) is 0 Å². The SMILES string of the molecule is CN(C)CCn1c(C(=O)N2CC(F)(F)C2)cc2ccc(-c3nccc(Nc4ccc(-c5cnc[nH]5)cc4)n3)cc21. The zero-order valence-corrected chi connectivity index (χ0v) is 22.1. The van der Waals surface area contributed by atoms with Crippen LogP contribution < -0.4 is 5.32 Å². The zero-order chi connectivity index (χ0) is 27.9. The van der Waals surface area contributed by atoms with Gasteiger partial charge in [0, 0.05) is 41.4 Å². The lowest BCUT2D eigenvalue weighted by Gasteiger charge is -2.38. The quantitative estimate of drug-likeness (QED) is 0.290. The van der Waals surface area contributed by atoms with Gasteiger partial charge in [0.15, 0.2) is 5.82 Å². The summed E-state index contributed by atoms with van der Waals surface area (Å²) in [6, 6.07) is 17.3. The summed E-state index contributed by atoms with van der Waals surface area (Å²) in [6.45, 7) is 0.111. The number of aromatic amines is 1. The molecule has 0 aliphatic carbocycles. The number of halogens is 2. The number of likely N-dealkylation sites (tertiary alicyclic amines) is 1. The normalized spacial score (nSPS) is 14.5. The third kappa shape index (κ3) is 5.15. The van der Waals surface area contributed by atoms with Crippen molar-refractivity contribution < 1.29 is 13.6 Å². The van der Waals surface area contributed by atoms with Gasteiger partial charge in [-0.15, -0.1) is 0 Å². The smallest absolute Gasteiger partial charge is 0.282 e. The number of carbonyl (C=O) groups excluding carboxylic acids is 1. The summed E-state index contributed by atoms with van der Waals surface area (Å²) in [6.07, 6.45) is 5.11. The highest BCUT2D eigenvalue weighted by Gasteiger charge is 2.47. The molecule has 2 N–H and O–H groups in total. The number of hydrogen-bond acceptors (Lipinski definition) is 6. The first-order valence-corrected chi connectivity index (χ1v) is 12.9. The number of carbonyl (C=O) groups is 1. The number of benzene rings is 2. The molecule has 1 saturated heterocycles. The maximum atomic E-state index is 13.5. The average molecular weight is 543 g/mol. The third-order valence-electron chi connectivity index (χ3n) is 6.91. The Hall–Kier alpha value is -4.64. The van der Waals surface area contributed by atoms with Gasteiger partial charge in [0.1, 0.15) is 11.5 Å². The maximum absolute atomic E-state index is 13.5. The minimum absolute atomic E-state index is 0.386. The number of aromatic nitrogens is 5. The van der Waals surface area contributed by atoms with Crippen molar-refractivity contribution in [1.82, 2.24) is 34.3 Å². The van der Waals surface area contributed by atoms with Gasteiger partial charge in [0.05, 0.1) is 31.3 Å². The van der Waals surface area contributed by atoms with E-state index in [2.05, 4.69) is 20.3 Å². The van der Waals surface area contributed by atoms with E-state index >= 15 is 0 Å². The van der Waals surface area contributed by atoms with Crippen LogP contribution in [0.1, 0.15) is 10.5 Å². The lowest BCUT2D eigenvalue weighted by atomic mass is 10.1. The molecule has 1 aliphatic heterocycles. The Labute approximate surface area is 229 Å². The number of H-pyrrole nitrogens is 1. The molecular formula is C29H28F2N8O. The molecule has 0 saturated carbocycles. The third-order valence-corrected chi connectivity index (χ3v) is 6.91. The summed E-state index contributed by atoms with van der Waals surface area (Å²) in [7, 11) is 3.90. The van der Waals surface area contributed by atoms with Crippen molar-refractivity contribution in [3.8, 4) is 22.6 Å². The van der Waals surface area contributed by atoms with Crippen LogP contribution >= 0.6 is 0 Å². The Morgan fingerprint density at radius 1 is 1.07 bits per heavy atom. The highest BCUT2D eigenvalue weighted by molar-refractivity contribution is 6.00. The van der Waals surface area contributed by atoms with Gasteiger partial charge in [0.25, 0.3) is 11.8 Å². The van der Waals surface area contributed by atoms with Crippen molar-refractivity contribution in [2.75, 3.05) is 39.0 Å². The van der Waals surface area contributed by atoms with E-state index in [4.69, 9.17) is 4.98 Å². The lowest BCUT2D eigenvalue weighted by Crippen LogP contribution is -2.58.